The molecule has 0 aliphatic heterocycles. The fourth-order valence-electron chi connectivity index (χ4n) is 2.79. The van der Waals surface area contributed by atoms with Gasteiger partial charge in [-0.05, 0) is 48.6 Å². The molecule has 2 aromatic rings. The van der Waals surface area contributed by atoms with Crippen LogP contribution in [0, 0.1) is 5.82 Å². The monoisotopic (exact) mass is 356 g/mol. The SMILES string of the molecule is CCOCc1ccc(CNC(=O)N(Cc2ccc(F)cc2)C2CC2)cc1. The lowest BCUT2D eigenvalue weighted by molar-refractivity contribution is 0.134. The Bertz CT molecular complexity index is 712. The van der Waals surface area contributed by atoms with Gasteiger partial charge >= 0.3 is 6.03 Å². The zero-order valence-electron chi connectivity index (χ0n) is 15.1. The van der Waals surface area contributed by atoms with Crippen molar-refractivity contribution in [3.63, 3.8) is 0 Å². The molecule has 0 atom stereocenters. The molecule has 5 heteroatoms. The smallest absolute Gasteiger partial charge is 0.318 e. The summed E-state index contributed by atoms with van der Waals surface area (Å²) in [5.74, 6) is -0.260. The zero-order valence-corrected chi connectivity index (χ0v) is 15.1. The number of rotatable bonds is 8. The van der Waals surface area contributed by atoms with Gasteiger partial charge in [0.05, 0.1) is 6.61 Å². The van der Waals surface area contributed by atoms with Crippen molar-refractivity contribution >= 4 is 6.03 Å². The molecule has 3 rings (SSSR count). The fraction of sp³-hybridized carbons (Fsp3) is 0.381. The van der Waals surface area contributed by atoms with Gasteiger partial charge in [0, 0.05) is 25.7 Å². The molecular weight excluding hydrogens is 331 g/mol. The van der Waals surface area contributed by atoms with E-state index < -0.39 is 0 Å². The highest BCUT2D eigenvalue weighted by atomic mass is 19.1. The van der Waals surface area contributed by atoms with Gasteiger partial charge in [0.25, 0.3) is 0 Å². The third-order valence-corrected chi connectivity index (χ3v) is 4.45. The van der Waals surface area contributed by atoms with Gasteiger partial charge in [0.2, 0.25) is 0 Å². The van der Waals surface area contributed by atoms with E-state index in [9.17, 15) is 9.18 Å². The van der Waals surface area contributed by atoms with Crippen LogP contribution in [-0.4, -0.2) is 23.6 Å². The summed E-state index contributed by atoms with van der Waals surface area (Å²) < 4.78 is 18.4. The highest BCUT2D eigenvalue weighted by Gasteiger charge is 2.32. The maximum absolute atomic E-state index is 13.1. The van der Waals surface area contributed by atoms with Crippen molar-refractivity contribution in [3.8, 4) is 0 Å². The lowest BCUT2D eigenvalue weighted by Gasteiger charge is -2.23. The third-order valence-electron chi connectivity index (χ3n) is 4.45. The van der Waals surface area contributed by atoms with Crippen LogP contribution in [0.4, 0.5) is 9.18 Å². The molecule has 0 spiro atoms. The molecule has 0 unspecified atom stereocenters. The van der Waals surface area contributed by atoms with Gasteiger partial charge in [-0.2, -0.15) is 0 Å². The normalized spacial score (nSPS) is 13.5. The molecule has 4 nitrogen and oxygen atoms in total. The van der Waals surface area contributed by atoms with Gasteiger partial charge in [-0.15, -0.1) is 0 Å². The minimum Gasteiger partial charge on any atom is -0.377 e. The van der Waals surface area contributed by atoms with E-state index >= 15 is 0 Å². The molecule has 1 fully saturated rings. The van der Waals surface area contributed by atoms with E-state index in [0.29, 0.717) is 26.3 Å². The molecule has 2 aromatic carbocycles. The number of carbonyl (C=O) groups is 1. The zero-order chi connectivity index (χ0) is 18.4. The molecule has 1 aliphatic rings. The van der Waals surface area contributed by atoms with Gasteiger partial charge in [-0.3, -0.25) is 0 Å². The van der Waals surface area contributed by atoms with Crippen LogP contribution in [0.5, 0.6) is 0 Å². The van der Waals surface area contributed by atoms with Crippen LogP contribution in [-0.2, 0) is 24.4 Å². The second-order valence-electron chi connectivity index (χ2n) is 6.60. The summed E-state index contributed by atoms with van der Waals surface area (Å²) in [7, 11) is 0. The Kier molecular flexibility index (Phi) is 6.23. The topological polar surface area (TPSA) is 41.6 Å². The van der Waals surface area contributed by atoms with Gasteiger partial charge in [-0.1, -0.05) is 36.4 Å². The molecule has 0 saturated heterocycles. The standard InChI is InChI=1S/C21H25FN2O2/c1-2-26-15-18-5-3-16(4-6-18)13-23-21(25)24(20-11-12-20)14-17-7-9-19(22)10-8-17/h3-10,20H,2,11-15H2,1H3,(H,23,25). The Hall–Kier alpha value is -2.40. The fourth-order valence-corrected chi connectivity index (χ4v) is 2.79. The van der Waals surface area contributed by atoms with E-state index in [0.717, 1.165) is 29.5 Å². The van der Waals surface area contributed by atoms with Crippen molar-refractivity contribution in [2.45, 2.75) is 45.5 Å². The van der Waals surface area contributed by atoms with Gasteiger partial charge < -0.3 is 15.0 Å². The highest BCUT2D eigenvalue weighted by Crippen LogP contribution is 2.28. The summed E-state index contributed by atoms with van der Waals surface area (Å²) >= 11 is 0. The number of carbonyl (C=O) groups excluding carboxylic acids is 1. The Morgan fingerprint density at radius 2 is 1.69 bits per heavy atom. The largest absolute Gasteiger partial charge is 0.377 e. The van der Waals surface area contributed by atoms with Crippen molar-refractivity contribution in [1.82, 2.24) is 10.2 Å². The lowest BCUT2D eigenvalue weighted by atomic mass is 10.1. The summed E-state index contributed by atoms with van der Waals surface area (Å²) in [5.41, 5.74) is 3.11. The van der Waals surface area contributed by atoms with Crippen LogP contribution in [0.2, 0.25) is 0 Å². The van der Waals surface area contributed by atoms with Crippen LogP contribution < -0.4 is 5.32 Å². The summed E-state index contributed by atoms with van der Waals surface area (Å²) in [4.78, 5) is 14.4. The Labute approximate surface area is 154 Å². The Balaban J connectivity index is 1.54. The van der Waals surface area contributed by atoms with E-state index in [-0.39, 0.29) is 17.9 Å². The first kappa shape index (κ1) is 18.4. The first-order valence-electron chi connectivity index (χ1n) is 9.10. The molecule has 1 N–H and O–H groups in total. The molecule has 138 valence electrons. The van der Waals surface area contributed by atoms with Gasteiger partial charge in [0.1, 0.15) is 5.82 Å². The second-order valence-corrected chi connectivity index (χ2v) is 6.60. The van der Waals surface area contributed by atoms with Gasteiger partial charge in [0.15, 0.2) is 0 Å². The molecule has 1 aliphatic carbocycles. The van der Waals surface area contributed by atoms with Crippen LogP contribution >= 0.6 is 0 Å². The van der Waals surface area contributed by atoms with Crippen molar-refractivity contribution in [3.05, 3.63) is 71.0 Å². The van der Waals surface area contributed by atoms with E-state index in [4.69, 9.17) is 4.74 Å². The predicted octanol–water partition coefficient (Wildman–Crippen LogP) is 4.24. The maximum atomic E-state index is 13.1. The summed E-state index contributed by atoms with van der Waals surface area (Å²) in [6.45, 7) is 4.27. The van der Waals surface area contributed by atoms with E-state index in [1.54, 1.807) is 12.1 Å². The molecule has 0 heterocycles. The minimum absolute atomic E-state index is 0.0739. The van der Waals surface area contributed by atoms with Crippen molar-refractivity contribution < 1.29 is 13.9 Å². The molecule has 0 radical (unpaired) electrons. The summed E-state index contributed by atoms with van der Waals surface area (Å²) in [6, 6.07) is 14.6. The van der Waals surface area contributed by atoms with E-state index in [2.05, 4.69) is 5.32 Å². The number of hydrogen-bond donors (Lipinski definition) is 1. The van der Waals surface area contributed by atoms with Crippen LogP contribution in [0.3, 0.4) is 0 Å². The van der Waals surface area contributed by atoms with E-state index in [1.165, 1.54) is 12.1 Å². The first-order valence-corrected chi connectivity index (χ1v) is 9.10. The van der Waals surface area contributed by atoms with E-state index in [1.807, 2.05) is 36.1 Å². The predicted molar refractivity (Wildman–Crippen MR) is 99.0 cm³/mol. The average molecular weight is 356 g/mol. The lowest BCUT2D eigenvalue weighted by Crippen LogP contribution is -2.40. The molecule has 0 bridgehead atoms. The minimum atomic E-state index is -0.260. The third kappa shape index (κ3) is 5.30. The molecule has 1 saturated carbocycles. The summed E-state index contributed by atoms with van der Waals surface area (Å²) in [5, 5.41) is 3.00. The molecule has 0 aromatic heterocycles. The average Bonchev–Trinajstić information content (AvgIpc) is 3.50. The van der Waals surface area contributed by atoms with Crippen molar-refractivity contribution in [2.75, 3.05) is 6.61 Å². The second kappa shape index (κ2) is 8.81. The number of amides is 2. The number of ether oxygens (including phenoxy) is 1. The quantitative estimate of drug-likeness (QED) is 0.769. The molecular formula is C21H25FN2O2. The van der Waals surface area contributed by atoms with Crippen LogP contribution in [0.25, 0.3) is 0 Å². The van der Waals surface area contributed by atoms with Crippen molar-refractivity contribution in [1.29, 1.82) is 0 Å². The molecule has 26 heavy (non-hydrogen) atoms. The van der Waals surface area contributed by atoms with Crippen molar-refractivity contribution in [2.24, 2.45) is 0 Å². The molecule has 2 amide bonds. The van der Waals surface area contributed by atoms with Crippen LogP contribution in [0.15, 0.2) is 48.5 Å². The number of nitrogens with zero attached hydrogens (tertiary/aromatic N) is 1. The van der Waals surface area contributed by atoms with Crippen LogP contribution in [0.1, 0.15) is 36.5 Å². The number of hydrogen-bond acceptors (Lipinski definition) is 2. The maximum Gasteiger partial charge on any atom is 0.318 e. The summed E-state index contributed by atoms with van der Waals surface area (Å²) in [6.07, 6.45) is 2.06. The first-order chi connectivity index (χ1) is 12.7. The number of halogens is 1. The highest BCUT2D eigenvalue weighted by molar-refractivity contribution is 5.75. The number of benzene rings is 2. The number of urea groups is 1. The van der Waals surface area contributed by atoms with Gasteiger partial charge in [-0.25, -0.2) is 9.18 Å². The Morgan fingerprint density at radius 1 is 1.08 bits per heavy atom. The number of nitrogens with one attached hydrogen (secondary N) is 1. The Morgan fingerprint density at radius 3 is 2.31 bits per heavy atom.